The molecule has 1 aromatic rings. The third-order valence-corrected chi connectivity index (χ3v) is 7.63. The first-order chi connectivity index (χ1) is 12.6. The molecule has 146 valence electrons. The number of rotatable bonds is 7. The Morgan fingerprint density at radius 1 is 0.885 bits per heavy atom. The van der Waals surface area contributed by atoms with Gasteiger partial charge in [-0.1, -0.05) is 76.3 Å². The van der Waals surface area contributed by atoms with Gasteiger partial charge in [0.1, 0.15) is 0 Å². The summed E-state index contributed by atoms with van der Waals surface area (Å²) >= 11 is 0. The molecule has 2 saturated carbocycles. The first-order valence-corrected chi connectivity index (χ1v) is 11.7. The smallest absolute Gasteiger partial charge is 0.235 e. The SMILES string of the molecule is O=S(=O)(OO)c1ccc(CCC(C2CCCCC2)C2CCCCC2)cc1. The van der Waals surface area contributed by atoms with E-state index in [9.17, 15) is 8.42 Å². The van der Waals surface area contributed by atoms with E-state index in [4.69, 9.17) is 5.26 Å². The molecule has 1 N–H and O–H groups in total. The Labute approximate surface area is 158 Å². The highest BCUT2D eigenvalue weighted by molar-refractivity contribution is 7.86. The van der Waals surface area contributed by atoms with Crippen LogP contribution >= 0.6 is 0 Å². The molecule has 0 spiro atoms. The molecular formula is C21H32O4S. The summed E-state index contributed by atoms with van der Waals surface area (Å²) in [6.45, 7) is 0. The number of hydrogen-bond donors (Lipinski definition) is 1. The van der Waals surface area contributed by atoms with E-state index in [1.54, 1.807) is 0 Å². The molecule has 0 radical (unpaired) electrons. The van der Waals surface area contributed by atoms with Crippen molar-refractivity contribution in [3.8, 4) is 0 Å². The lowest BCUT2D eigenvalue weighted by atomic mass is 9.68. The summed E-state index contributed by atoms with van der Waals surface area (Å²) < 4.78 is 26.6. The van der Waals surface area contributed by atoms with Gasteiger partial charge in [0.2, 0.25) is 0 Å². The second-order valence-corrected chi connectivity index (χ2v) is 9.70. The Balaban J connectivity index is 1.64. The highest BCUT2D eigenvalue weighted by atomic mass is 32.2. The van der Waals surface area contributed by atoms with Gasteiger partial charge >= 0.3 is 10.1 Å². The lowest BCUT2D eigenvalue weighted by Gasteiger charge is -2.38. The van der Waals surface area contributed by atoms with E-state index in [1.165, 1.54) is 88.3 Å². The summed E-state index contributed by atoms with van der Waals surface area (Å²) in [6.07, 6.45) is 16.1. The van der Waals surface area contributed by atoms with Gasteiger partial charge in [0.05, 0.1) is 4.90 Å². The van der Waals surface area contributed by atoms with Gasteiger partial charge in [-0.15, -0.1) is 4.33 Å². The molecular weight excluding hydrogens is 348 g/mol. The molecule has 0 saturated heterocycles. The predicted octanol–water partition coefficient (Wildman–Crippen LogP) is 5.57. The van der Waals surface area contributed by atoms with Gasteiger partial charge in [-0.25, -0.2) is 5.26 Å². The van der Waals surface area contributed by atoms with Crippen LogP contribution < -0.4 is 0 Å². The highest BCUT2D eigenvalue weighted by Crippen LogP contribution is 2.42. The fourth-order valence-electron chi connectivity index (χ4n) is 5.18. The lowest BCUT2D eigenvalue weighted by molar-refractivity contribution is -0.130. The summed E-state index contributed by atoms with van der Waals surface area (Å²) in [7, 11) is -4.02. The van der Waals surface area contributed by atoms with Gasteiger partial charge in [-0.05, 0) is 48.3 Å². The molecule has 5 heteroatoms. The third kappa shape index (κ3) is 5.08. The topological polar surface area (TPSA) is 63.6 Å². The Morgan fingerprint density at radius 3 is 1.85 bits per heavy atom. The van der Waals surface area contributed by atoms with Crippen LogP contribution in [0.3, 0.4) is 0 Å². The average Bonchev–Trinajstić information content (AvgIpc) is 2.70. The van der Waals surface area contributed by atoms with Crippen LogP contribution in [0.5, 0.6) is 0 Å². The molecule has 0 aromatic heterocycles. The van der Waals surface area contributed by atoms with Crippen LogP contribution in [0.1, 0.15) is 76.2 Å². The maximum atomic E-state index is 11.5. The van der Waals surface area contributed by atoms with Gasteiger partial charge in [0.25, 0.3) is 0 Å². The van der Waals surface area contributed by atoms with Crippen molar-refractivity contribution in [3.63, 3.8) is 0 Å². The second-order valence-electron chi connectivity index (χ2n) is 8.17. The Hall–Kier alpha value is -0.910. The molecule has 2 aliphatic rings. The van der Waals surface area contributed by atoms with E-state index < -0.39 is 10.1 Å². The molecule has 0 amide bonds. The first kappa shape index (κ1) is 19.8. The minimum absolute atomic E-state index is 0.000129. The summed E-state index contributed by atoms with van der Waals surface area (Å²) in [5.41, 5.74) is 1.17. The zero-order chi connectivity index (χ0) is 18.4. The van der Waals surface area contributed by atoms with E-state index in [-0.39, 0.29) is 4.90 Å². The maximum Gasteiger partial charge on any atom is 0.323 e. The van der Waals surface area contributed by atoms with Gasteiger partial charge in [-0.2, -0.15) is 8.42 Å². The van der Waals surface area contributed by atoms with Crippen LogP contribution in [0.25, 0.3) is 0 Å². The zero-order valence-corrected chi connectivity index (χ0v) is 16.4. The maximum absolute atomic E-state index is 11.5. The van der Waals surface area contributed by atoms with Crippen LogP contribution in [-0.4, -0.2) is 13.7 Å². The quantitative estimate of drug-likeness (QED) is 0.496. The van der Waals surface area contributed by atoms with Crippen LogP contribution in [-0.2, 0) is 20.9 Å². The fourth-order valence-corrected chi connectivity index (χ4v) is 5.74. The van der Waals surface area contributed by atoms with Crippen LogP contribution in [0.2, 0.25) is 0 Å². The van der Waals surface area contributed by atoms with Crippen molar-refractivity contribution in [2.75, 3.05) is 0 Å². The standard InChI is InChI=1S/C21H32O4S/c22-25-26(23,24)20-14-11-17(12-15-20)13-16-21(18-7-3-1-4-8-18)19-9-5-2-6-10-19/h11-12,14-15,18-19,21-22H,1-10,13,16H2. The van der Waals surface area contributed by atoms with Crippen molar-refractivity contribution in [3.05, 3.63) is 29.8 Å². The Kier molecular flexibility index (Phi) is 7.12. The number of benzene rings is 1. The molecule has 0 aliphatic heterocycles. The van der Waals surface area contributed by atoms with Crippen molar-refractivity contribution in [2.24, 2.45) is 17.8 Å². The van der Waals surface area contributed by atoms with Crippen molar-refractivity contribution < 1.29 is 18.0 Å². The van der Waals surface area contributed by atoms with E-state index in [2.05, 4.69) is 4.33 Å². The largest absolute Gasteiger partial charge is 0.323 e. The van der Waals surface area contributed by atoms with E-state index >= 15 is 0 Å². The molecule has 2 fully saturated rings. The molecule has 0 heterocycles. The molecule has 3 rings (SSSR count). The molecule has 0 atom stereocenters. The fraction of sp³-hybridized carbons (Fsp3) is 0.714. The highest BCUT2D eigenvalue weighted by Gasteiger charge is 2.31. The van der Waals surface area contributed by atoms with Gasteiger partial charge < -0.3 is 0 Å². The second kappa shape index (κ2) is 9.34. The summed E-state index contributed by atoms with van der Waals surface area (Å²) in [5.74, 6) is 2.59. The van der Waals surface area contributed by atoms with Crippen molar-refractivity contribution in [1.82, 2.24) is 0 Å². The first-order valence-electron chi connectivity index (χ1n) is 10.3. The van der Waals surface area contributed by atoms with E-state index in [0.29, 0.717) is 0 Å². The minimum Gasteiger partial charge on any atom is -0.235 e. The molecule has 0 bridgehead atoms. The molecule has 2 aliphatic carbocycles. The zero-order valence-electron chi connectivity index (χ0n) is 15.6. The van der Waals surface area contributed by atoms with E-state index in [1.807, 2.05) is 12.1 Å². The predicted molar refractivity (Wildman–Crippen MR) is 102 cm³/mol. The number of aryl methyl sites for hydroxylation is 1. The Morgan fingerprint density at radius 2 is 1.38 bits per heavy atom. The van der Waals surface area contributed by atoms with E-state index in [0.717, 1.165) is 24.2 Å². The molecule has 4 nitrogen and oxygen atoms in total. The van der Waals surface area contributed by atoms with Crippen molar-refractivity contribution in [1.29, 1.82) is 0 Å². The van der Waals surface area contributed by atoms with Crippen molar-refractivity contribution >= 4 is 10.1 Å². The van der Waals surface area contributed by atoms with Gasteiger partial charge in [-0.3, -0.25) is 0 Å². The van der Waals surface area contributed by atoms with Crippen LogP contribution in [0, 0.1) is 17.8 Å². The van der Waals surface area contributed by atoms with Crippen LogP contribution in [0.4, 0.5) is 0 Å². The summed E-state index contributed by atoms with van der Waals surface area (Å²) in [4.78, 5) is -0.000129. The number of hydrogen-bond acceptors (Lipinski definition) is 4. The lowest BCUT2D eigenvalue weighted by Crippen LogP contribution is -2.27. The summed E-state index contributed by atoms with van der Waals surface area (Å²) in [6, 6.07) is 6.75. The normalized spacial score (nSPS) is 20.5. The Bertz CT molecular complexity index is 623. The molecule has 0 unspecified atom stereocenters. The summed E-state index contributed by atoms with van der Waals surface area (Å²) in [5, 5.41) is 8.49. The van der Waals surface area contributed by atoms with Gasteiger partial charge in [0.15, 0.2) is 0 Å². The third-order valence-electron chi connectivity index (χ3n) is 6.59. The minimum atomic E-state index is -4.02. The van der Waals surface area contributed by atoms with Gasteiger partial charge in [0, 0.05) is 0 Å². The molecule has 26 heavy (non-hydrogen) atoms. The van der Waals surface area contributed by atoms with Crippen LogP contribution in [0.15, 0.2) is 29.2 Å². The average molecular weight is 381 g/mol. The monoisotopic (exact) mass is 380 g/mol. The molecule has 1 aromatic carbocycles. The van der Waals surface area contributed by atoms with Crippen molar-refractivity contribution in [2.45, 2.75) is 81.9 Å².